The topological polar surface area (TPSA) is 52.6 Å². The molecule has 2 aliphatic rings. The molecule has 3 atom stereocenters. The number of esters is 2. The minimum absolute atomic E-state index is 0.0603. The van der Waals surface area contributed by atoms with Crippen LogP contribution in [0.3, 0.4) is 0 Å². The fraction of sp³-hybridized carbons (Fsp3) is 0.750. The average Bonchev–Trinajstić information content (AvgIpc) is 2.59. The van der Waals surface area contributed by atoms with Crippen LogP contribution in [0.2, 0.25) is 0 Å². The quantitative estimate of drug-likeness (QED) is 0.409. The lowest BCUT2D eigenvalue weighted by Crippen LogP contribution is -2.49. The third-order valence-corrected chi connectivity index (χ3v) is 7.16. The van der Waals surface area contributed by atoms with Gasteiger partial charge < -0.3 is 9.47 Å². The molecule has 0 saturated heterocycles. The van der Waals surface area contributed by atoms with E-state index in [9.17, 15) is 9.59 Å². The highest BCUT2D eigenvalue weighted by Gasteiger charge is 2.52. The summed E-state index contributed by atoms with van der Waals surface area (Å²) in [7, 11) is 0. The Kier molecular flexibility index (Phi) is 7.52. The Morgan fingerprint density at radius 3 is 2.43 bits per heavy atom. The molecular weight excluding hydrogens is 352 g/mol. The molecule has 0 bridgehead atoms. The molecule has 0 aromatic carbocycles. The Morgan fingerprint density at radius 2 is 1.79 bits per heavy atom. The van der Waals surface area contributed by atoms with Gasteiger partial charge in [0.15, 0.2) is 0 Å². The first kappa shape index (κ1) is 22.7. The van der Waals surface area contributed by atoms with Crippen LogP contribution < -0.4 is 0 Å². The molecule has 158 valence electrons. The van der Waals surface area contributed by atoms with E-state index < -0.39 is 0 Å². The first-order chi connectivity index (χ1) is 13.1. The molecule has 4 heteroatoms. The van der Waals surface area contributed by atoms with Crippen molar-refractivity contribution in [3.8, 4) is 0 Å². The zero-order valence-electron chi connectivity index (χ0n) is 18.7. The van der Waals surface area contributed by atoms with Crippen LogP contribution in [0, 0.1) is 16.7 Å². The number of allylic oxidation sites excluding steroid dienone is 3. The van der Waals surface area contributed by atoms with Gasteiger partial charge in [-0.1, -0.05) is 37.0 Å². The SMILES string of the molecule is CC(=O)OC/C=C(/C)CCC1=C(C)CC[C@H]2[C@@](C)(COC(C)=O)CCC[C@]12C. The Labute approximate surface area is 170 Å². The monoisotopic (exact) mass is 390 g/mol. The molecule has 28 heavy (non-hydrogen) atoms. The van der Waals surface area contributed by atoms with Crippen molar-refractivity contribution in [2.45, 2.75) is 86.5 Å². The Balaban J connectivity index is 2.14. The molecule has 0 N–H and O–H groups in total. The molecule has 2 rings (SSSR count). The number of hydrogen-bond donors (Lipinski definition) is 0. The van der Waals surface area contributed by atoms with Crippen molar-refractivity contribution in [1.29, 1.82) is 0 Å². The zero-order chi connectivity index (χ0) is 20.9. The van der Waals surface area contributed by atoms with Gasteiger partial charge in [0.05, 0.1) is 6.61 Å². The molecule has 0 radical (unpaired) electrons. The number of ether oxygens (including phenoxy) is 2. The zero-order valence-corrected chi connectivity index (χ0v) is 18.7. The second-order valence-corrected chi connectivity index (χ2v) is 9.41. The molecule has 2 aliphatic carbocycles. The standard InChI is InChI=1S/C24H38O4/c1-17(12-15-27-19(3)25)8-10-21-18(2)9-11-22-23(5,16-28-20(4)26)13-7-14-24(21,22)6/h12,22H,7-11,13-16H2,1-6H3/b17-12-/t22-,23+,24+/m0/s1. The van der Waals surface area contributed by atoms with E-state index in [2.05, 4.69) is 27.7 Å². The van der Waals surface area contributed by atoms with Crippen LogP contribution in [0.4, 0.5) is 0 Å². The minimum Gasteiger partial charge on any atom is -0.465 e. The second kappa shape index (κ2) is 9.28. The second-order valence-electron chi connectivity index (χ2n) is 9.41. The van der Waals surface area contributed by atoms with Gasteiger partial charge in [0.2, 0.25) is 0 Å². The fourth-order valence-electron chi connectivity index (χ4n) is 5.67. The van der Waals surface area contributed by atoms with Gasteiger partial charge in [0.1, 0.15) is 6.61 Å². The number of rotatable bonds is 7. The van der Waals surface area contributed by atoms with E-state index in [1.54, 1.807) is 11.1 Å². The molecule has 1 saturated carbocycles. The predicted octanol–water partition coefficient (Wildman–Crippen LogP) is 5.76. The van der Waals surface area contributed by atoms with Gasteiger partial charge in [-0.05, 0) is 69.8 Å². The Morgan fingerprint density at radius 1 is 1.11 bits per heavy atom. The van der Waals surface area contributed by atoms with Gasteiger partial charge in [-0.15, -0.1) is 0 Å². The number of fused-ring (bicyclic) bond motifs is 1. The Hall–Kier alpha value is -1.58. The Bertz CT molecular complexity index is 660. The number of hydrogen-bond acceptors (Lipinski definition) is 4. The predicted molar refractivity (Wildman–Crippen MR) is 112 cm³/mol. The molecular formula is C24H38O4. The summed E-state index contributed by atoms with van der Waals surface area (Å²) in [4.78, 5) is 22.4. The number of carbonyl (C=O) groups excluding carboxylic acids is 2. The van der Waals surface area contributed by atoms with Crippen LogP contribution in [0.5, 0.6) is 0 Å². The van der Waals surface area contributed by atoms with Gasteiger partial charge >= 0.3 is 11.9 Å². The summed E-state index contributed by atoms with van der Waals surface area (Å²) in [6.45, 7) is 13.0. The first-order valence-corrected chi connectivity index (χ1v) is 10.7. The van der Waals surface area contributed by atoms with Crippen LogP contribution in [-0.2, 0) is 19.1 Å². The van der Waals surface area contributed by atoms with E-state index in [-0.39, 0.29) is 22.8 Å². The van der Waals surface area contributed by atoms with Crippen LogP contribution >= 0.6 is 0 Å². The summed E-state index contributed by atoms with van der Waals surface area (Å²) < 4.78 is 10.5. The third kappa shape index (κ3) is 5.27. The molecule has 4 nitrogen and oxygen atoms in total. The smallest absolute Gasteiger partial charge is 0.302 e. The lowest BCUT2D eigenvalue weighted by Gasteiger charge is -2.56. The van der Waals surface area contributed by atoms with Gasteiger partial charge in [-0.25, -0.2) is 0 Å². The summed E-state index contributed by atoms with van der Waals surface area (Å²) in [6.07, 6.45) is 9.94. The highest BCUT2D eigenvalue weighted by Crippen LogP contribution is 2.60. The van der Waals surface area contributed by atoms with E-state index in [1.165, 1.54) is 38.7 Å². The molecule has 0 aromatic heterocycles. The maximum Gasteiger partial charge on any atom is 0.302 e. The maximum absolute atomic E-state index is 11.4. The molecule has 0 heterocycles. The van der Waals surface area contributed by atoms with Crippen molar-refractivity contribution in [3.63, 3.8) is 0 Å². The normalized spacial score (nSPS) is 30.6. The summed E-state index contributed by atoms with van der Waals surface area (Å²) >= 11 is 0. The molecule has 0 aliphatic heterocycles. The summed E-state index contributed by atoms with van der Waals surface area (Å²) in [5.41, 5.74) is 4.67. The lowest BCUT2D eigenvalue weighted by atomic mass is 9.49. The van der Waals surface area contributed by atoms with Crippen molar-refractivity contribution >= 4 is 11.9 Å². The first-order valence-electron chi connectivity index (χ1n) is 10.7. The van der Waals surface area contributed by atoms with Crippen molar-refractivity contribution in [1.82, 2.24) is 0 Å². The molecule has 0 aromatic rings. The van der Waals surface area contributed by atoms with Gasteiger partial charge in [0, 0.05) is 19.3 Å². The average molecular weight is 391 g/mol. The van der Waals surface area contributed by atoms with E-state index in [1.807, 2.05) is 6.08 Å². The van der Waals surface area contributed by atoms with Gasteiger partial charge in [-0.2, -0.15) is 0 Å². The van der Waals surface area contributed by atoms with Crippen molar-refractivity contribution in [3.05, 3.63) is 22.8 Å². The van der Waals surface area contributed by atoms with Crippen LogP contribution in [-0.4, -0.2) is 25.2 Å². The fourth-order valence-corrected chi connectivity index (χ4v) is 5.67. The largest absolute Gasteiger partial charge is 0.465 e. The highest BCUT2D eigenvalue weighted by atomic mass is 16.5. The molecule has 1 fully saturated rings. The van der Waals surface area contributed by atoms with E-state index in [0.29, 0.717) is 19.1 Å². The molecule has 0 spiro atoms. The highest BCUT2D eigenvalue weighted by molar-refractivity contribution is 5.66. The van der Waals surface area contributed by atoms with E-state index in [0.717, 1.165) is 25.7 Å². The summed E-state index contributed by atoms with van der Waals surface area (Å²) in [6, 6.07) is 0. The van der Waals surface area contributed by atoms with Crippen molar-refractivity contribution in [2.24, 2.45) is 16.7 Å². The number of carbonyl (C=O) groups is 2. The van der Waals surface area contributed by atoms with Crippen molar-refractivity contribution in [2.75, 3.05) is 13.2 Å². The minimum atomic E-state index is -0.237. The van der Waals surface area contributed by atoms with E-state index in [4.69, 9.17) is 9.47 Å². The van der Waals surface area contributed by atoms with E-state index >= 15 is 0 Å². The van der Waals surface area contributed by atoms with Gasteiger partial charge in [-0.3, -0.25) is 9.59 Å². The van der Waals surface area contributed by atoms with Crippen LogP contribution in [0.15, 0.2) is 22.8 Å². The van der Waals surface area contributed by atoms with Gasteiger partial charge in [0.25, 0.3) is 0 Å². The lowest BCUT2D eigenvalue weighted by molar-refractivity contribution is -0.149. The summed E-state index contributed by atoms with van der Waals surface area (Å²) in [5.74, 6) is 0.140. The molecule has 0 amide bonds. The van der Waals surface area contributed by atoms with Crippen LogP contribution in [0.25, 0.3) is 0 Å². The van der Waals surface area contributed by atoms with Crippen molar-refractivity contribution < 1.29 is 19.1 Å². The molecule has 0 unspecified atom stereocenters. The summed E-state index contributed by atoms with van der Waals surface area (Å²) in [5, 5.41) is 0. The maximum atomic E-state index is 11.4. The van der Waals surface area contributed by atoms with Crippen LogP contribution in [0.1, 0.15) is 86.5 Å². The third-order valence-electron chi connectivity index (χ3n) is 7.16.